The second-order valence-electron chi connectivity index (χ2n) is 7.49. The molecule has 2 heterocycles. The number of nitrogens with one attached hydrogen (secondary N) is 1. The van der Waals surface area contributed by atoms with Gasteiger partial charge in [0.25, 0.3) is 0 Å². The van der Waals surface area contributed by atoms with E-state index in [0.29, 0.717) is 36.7 Å². The van der Waals surface area contributed by atoms with Crippen LogP contribution in [0.2, 0.25) is 0 Å². The zero-order chi connectivity index (χ0) is 24.4. The number of sulfonamides is 1. The second-order valence-corrected chi connectivity index (χ2v) is 9.26. The van der Waals surface area contributed by atoms with Gasteiger partial charge in [-0.25, -0.2) is 23.1 Å². The van der Waals surface area contributed by atoms with Gasteiger partial charge < -0.3 is 15.0 Å². The molecule has 12 heteroatoms. The summed E-state index contributed by atoms with van der Waals surface area (Å²) in [6.07, 6.45) is -4.12. The van der Waals surface area contributed by atoms with Gasteiger partial charge in [0, 0.05) is 25.4 Å². The molecule has 0 saturated heterocycles. The lowest BCUT2D eigenvalue weighted by Gasteiger charge is -2.13. The maximum Gasteiger partial charge on any atom is 0.416 e. The lowest BCUT2D eigenvalue weighted by molar-refractivity contribution is -0.137. The molecular formula is C21H26F3N5O3S. The first-order chi connectivity index (χ1) is 15.5. The minimum absolute atomic E-state index is 0.0791. The van der Waals surface area contributed by atoms with E-state index in [1.807, 2.05) is 25.3 Å². The van der Waals surface area contributed by atoms with E-state index in [2.05, 4.69) is 14.7 Å². The van der Waals surface area contributed by atoms with E-state index in [4.69, 9.17) is 10.5 Å². The van der Waals surface area contributed by atoms with Crippen molar-refractivity contribution < 1.29 is 26.3 Å². The molecule has 1 aromatic carbocycles. The van der Waals surface area contributed by atoms with Crippen molar-refractivity contribution in [2.45, 2.75) is 51.4 Å². The highest BCUT2D eigenvalue weighted by molar-refractivity contribution is 7.89. The number of halogens is 3. The third-order valence-corrected chi connectivity index (χ3v) is 6.73. The van der Waals surface area contributed by atoms with Crippen LogP contribution in [0.5, 0.6) is 0 Å². The summed E-state index contributed by atoms with van der Waals surface area (Å²) in [4.78, 5) is 8.66. The third-order valence-electron chi connectivity index (χ3n) is 5.25. The molecule has 0 unspecified atom stereocenters. The number of rotatable bonds is 9. The lowest BCUT2D eigenvalue weighted by atomic mass is 10.2. The Hall–Kier alpha value is -2.70. The molecule has 0 aliphatic heterocycles. The topological polar surface area (TPSA) is 112 Å². The van der Waals surface area contributed by atoms with Crippen LogP contribution in [0.4, 0.5) is 19.0 Å². The zero-order valence-corrected chi connectivity index (χ0v) is 19.3. The van der Waals surface area contributed by atoms with Crippen molar-refractivity contribution in [2.24, 2.45) is 0 Å². The minimum atomic E-state index is -4.53. The van der Waals surface area contributed by atoms with Crippen molar-refractivity contribution in [3.05, 3.63) is 46.9 Å². The molecule has 0 amide bonds. The number of hydrogen-bond acceptors (Lipinski definition) is 6. The van der Waals surface area contributed by atoms with Crippen LogP contribution in [0.1, 0.15) is 36.0 Å². The molecule has 3 rings (SSSR count). The largest absolute Gasteiger partial charge is 0.416 e. The molecule has 3 aromatic rings. The Morgan fingerprint density at radius 2 is 1.82 bits per heavy atom. The average Bonchev–Trinajstić information content (AvgIpc) is 3.12. The number of anilines is 1. The number of imidazole rings is 1. The molecule has 33 heavy (non-hydrogen) atoms. The number of ether oxygens (including phenoxy) is 1. The van der Waals surface area contributed by atoms with Gasteiger partial charge in [-0.3, -0.25) is 0 Å². The number of pyridine rings is 1. The first-order valence-electron chi connectivity index (χ1n) is 10.3. The van der Waals surface area contributed by atoms with Crippen LogP contribution in [0, 0.1) is 13.8 Å². The van der Waals surface area contributed by atoms with Crippen LogP contribution in [0.25, 0.3) is 11.0 Å². The fourth-order valence-electron chi connectivity index (χ4n) is 3.44. The predicted molar refractivity (Wildman–Crippen MR) is 118 cm³/mol. The lowest BCUT2D eigenvalue weighted by Crippen LogP contribution is -2.26. The Kier molecular flexibility index (Phi) is 7.29. The number of fused-ring (bicyclic) bond motifs is 1. The summed E-state index contributed by atoms with van der Waals surface area (Å²) in [5, 5.41) is 0. The van der Waals surface area contributed by atoms with Gasteiger partial charge in [0.15, 0.2) is 5.82 Å². The molecule has 0 fully saturated rings. The first kappa shape index (κ1) is 24.9. The Balaban J connectivity index is 1.75. The number of hydrogen-bond donors (Lipinski definition) is 2. The second kappa shape index (κ2) is 9.65. The molecule has 0 aliphatic rings. The monoisotopic (exact) mass is 485 g/mol. The number of nitrogen functional groups attached to an aromatic ring is 1. The summed E-state index contributed by atoms with van der Waals surface area (Å²) >= 11 is 0. The summed E-state index contributed by atoms with van der Waals surface area (Å²) in [6, 6.07) is 3.37. The van der Waals surface area contributed by atoms with Crippen LogP contribution in [-0.4, -0.2) is 36.1 Å². The molecule has 180 valence electrons. The molecule has 0 saturated carbocycles. The van der Waals surface area contributed by atoms with Crippen LogP contribution >= 0.6 is 0 Å². The highest BCUT2D eigenvalue weighted by Crippen LogP contribution is 2.30. The number of nitrogens with zero attached hydrogens (tertiary/aromatic N) is 3. The van der Waals surface area contributed by atoms with Gasteiger partial charge in [0.05, 0.1) is 16.0 Å². The number of aromatic nitrogens is 3. The Morgan fingerprint density at radius 3 is 2.42 bits per heavy atom. The number of nitrogens with two attached hydrogens (primary N) is 1. The van der Waals surface area contributed by atoms with Crippen LogP contribution in [-0.2, 0) is 34.1 Å². The maximum atomic E-state index is 12.7. The number of benzene rings is 1. The number of alkyl halides is 3. The van der Waals surface area contributed by atoms with Gasteiger partial charge in [-0.15, -0.1) is 0 Å². The van der Waals surface area contributed by atoms with Crippen LogP contribution < -0.4 is 10.5 Å². The van der Waals surface area contributed by atoms with Crippen molar-refractivity contribution in [3.63, 3.8) is 0 Å². The molecule has 0 atom stereocenters. The Bertz CT molecular complexity index is 1240. The third kappa shape index (κ3) is 5.45. The van der Waals surface area contributed by atoms with Crippen molar-refractivity contribution in [1.29, 1.82) is 0 Å². The Labute approximate surface area is 190 Å². The van der Waals surface area contributed by atoms with Gasteiger partial charge in [-0.05, 0) is 57.0 Å². The SMILES string of the molecule is CCOCc1nc2c(N)nc(C)c(C)c2n1CCCNS(=O)(=O)c1ccc(C(F)(F)F)cc1. The number of aryl methyl sites for hydroxylation is 3. The first-order valence-corrected chi connectivity index (χ1v) is 11.8. The molecule has 8 nitrogen and oxygen atoms in total. The fraction of sp³-hybridized carbons (Fsp3) is 0.429. The normalized spacial score (nSPS) is 12.5. The predicted octanol–water partition coefficient (Wildman–Crippen LogP) is 3.55. The van der Waals surface area contributed by atoms with Gasteiger partial charge >= 0.3 is 6.18 Å². The van der Waals surface area contributed by atoms with E-state index in [1.165, 1.54) is 0 Å². The van der Waals surface area contributed by atoms with Crippen LogP contribution in [0.3, 0.4) is 0 Å². The van der Waals surface area contributed by atoms with E-state index >= 15 is 0 Å². The van der Waals surface area contributed by atoms with Gasteiger partial charge in [-0.1, -0.05) is 0 Å². The molecule has 0 spiro atoms. The molecule has 0 aliphatic carbocycles. The summed E-state index contributed by atoms with van der Waals surface area (Å²) in [6.45, 7) is 6.91. The molecule has 0 bridgehead atoms. The Morgan fingerprint density at radius 1 is 1.15 bits per heavy atom. The van der Waals surface area contributed by atoms with Crippen molar-refractivity contribution in [3.8, 4) is 0 Å². The van der Waals surface area contributed by atoms with E-state index < -0.39 is 21.8 Å². The molecule has 3 N–H and O–H groups in total. The zero-order valence-electron chi connectivity index (χ0n) is 18.5. The van der Waals surface area contributed by atoms with Crippen molar-refractivity contribution in [1.82, 2.24) is 19.3 Å². The summed E-state index contributed by atoms with van der Waals surface area (Å²) in [7, 11) is -3.95. The summed E-state index contributed by atoms with van der Waals surface area (Å²) in [5.41, 5.74) is 8.23. The van der Waals surface area contributed by atoms with Crippen molar-refractivity contribution >= 4 is 26.9 Å². The quantitative estimate of drug-likeness (QED) is 0.448. The highest BCUT2D eigenvalue weighted by atomic mass is 32.2. The van der Waals surface area contributed by atoms with E-state index in [9.17, 15) is 21.6 Å². The standard InChI is InChI=1S/C21H26F3N5O3S/c1-4-32-12-17-28-18-19(13(2)14(3)27-20(18)25)29(17)11-5-10-26-33(30,31)16-8-6-15(7-9-16)21(22,23)24/h6-9,26H,4-5,10-12H2,1-3H3,(H2,25,27). The minimum Gasteiger partial charge on any atom is -0.382 e. The smallest absolute Gasteiger partial charge is 0.382 e. The van der Waals surface area contributed by atoms with Gasteiger partial charge in [-0.2, -0.15) is 13.2 Å². The van der Waals surface area contributed by atoms with E-state index in [-0.39, 0.29) is 18.0 Å². The van der Waals surface area contributed by atoms with Crippen molar-refractivity contribution in [2.75, 3.05) is 18.9 Å². The van der Waals surface area contributed by atoms with E-state index in [0.717, 1.165) is 41.0 Å². The van der Waals surface area contributed by atoms with Gasteiger partial charge in [0.1, 0.15) is 17.9 Å². The summed E-state index contributed by atoms with van der Waals surface area (Å²) < 4.78 is 72.9. The van der Waals surface area contributed by atoms with E-state index in [1.54, 1.807) is 0 Å². The maximum absolute atomic E-state index is 12.7. The molecule has 2 aromatic heterocycles. The van der Waals surface area contributed by atoms with Gasteiger partial charge in [0.2, 0.25) is 10.0 Å². The fourth-order valence-corrected chi connectivity index (χ4v) is 4.52. The highest BCUT2D eigenvalue weighted by Gasteiger charge is 2.30. The average molecular weight is 486 g/mol. The molecular weight excluding hydrogens is 459 g/mol. The summed E-state index contributed by atoms with van der Waals surface area (Å²) in [5.74, 6) is 0.965. The molecule has 0 radical (unpaired) electrons. The van der Waals surface area contributed by atoms with Crippen LogP contribution in [0.15, 0.2) is 29.2 Å².